The molecule has 9 heteroatoms. The van der Waals surface area contributed by atoms with Crippen LogP contribution in [0.4, 0.5) is 0 Å². The smallest absolute Gasteiger partial charge is 0.329 e. The molecule has 0 heterocycles. The van der Waals surface area contributed by atoms with Crippen LogP contribution in [0.5, 0.6) is 0 Å². The molecule has 0 aliphatic rings. The summed E-state index contributed by atoms with van der Waals surface area (Å²) in [5.41, 5.74) is 5.33. The summed E-state index contributed by atoms with van der Waals surface area (Å²) in [6, 6.07) is -0.863. The van der Waals surface area contributed by atoms with Gasteiger partial charge in [-0.3, -0.25) is 15.0 Å². The highest BCUT2D eigenvalue weighted by molar-refractivity contribution is 5.85. The number of unbranched alkanes of at least 4 members (excludes halogenated alkanes) is 1. The van der Waals surface area contributed by atoms with Crippen molar-refractivity contribution < 1.29 is 19.5 Å². The molecule has 0 radical (unpaired) electrons. The van der Waals surface area contributed by atoms with E-state index in [1.165, 1.54) is 18.9 Å². The van der Waals surface area contributed by atoms with Gasteiger partial charge in [-0.15, -0.1) is 24.8 Å². The molecule has 19 heavy (non-hydrogen) atoms. The van der Waals surface area contributed by atoms with E-state index in [1.54, 1.807) is 0 Å². The number of carboxylic acid groups (broad SMARTS) is 1. The molecule has 0 bridgehead atoms. The SMILES string of the molecule is CC(=N)N(CCCC[C@H](N)C(=O)O)OC(C)=O.Cl.Cl. The van der Waals surface area contributed by atoms with Crippen molar-refractivity contribution in [3.05, 3.63) is 0 Å². The number of carbonyl (C=O) groups excluding carboxylic acids is 1. The van der Waals surface area contributed by atoms with Crippen molar-refractivity contribution in [3.63, 3.8) is 0 Å². The fourth-order valence-corrected chi connectivity index (χ4v) is 1.18. The Morgan fingerprint density at radius 2 is 1.84 bits per heavy atom. The largest absolute Gasteiger partial charge is 0.480 e. The van der Waals surface area contributed by atoms with Gasteiger partial charge in [0.05, 0.1) is 6.54 Å². The van der Waals surface area contributed by atoms with Crippen molar-refractivity contribution in [1.82, 2.24) is 5.06 Å². The van der Waals surface area contributed by atoms with Crippen molar-refractivity contribution in [2.75, 3.05) is 6.54 Å². The third-order valence-corrected chi connectivity index (χ3v) is 2.06. The number of carbonyl (C=O) groups is 2. The van der Waals surface area contributed by atoms with E-state index in [-0.39, 0.29) is 30.6 Å². The number of hydroxylamine groups is 2. The first-order valence-corrected chi connectivity index (χ1v) is 5.34. The molecule has 0 aliphatic carbocycles. The predicted molar refractivity (Wildman–Crippen MR) is 75.8 cm³/mol. The van der Waals surface area contributed by atoms with Crippen LogP contribution >= 0.6 is 24.8 Å². The summed E-state index contributed by atoms with van der Waals surface area (Å²) in [5, 5.41) is 17.1. The molecule has 0 saturated heterocycles. The van der Waals surface area contributed by atoms with Gasteiger partial charge in [0.25, 0.3) is 0 Å². The zero-order valence-electron chi connectivity index (χ0n) is 10.9. The lowest BCUT2D eigenvalue weighted by Gasteiger charge is -2.20. The van der Waals surface area contributed by atoms with Gasteiger partial charge in [-0.05, 0) is 26.2 Å². The van der Waals surface area contributed by atoms with Gasteiger partial charge in [-0.1, -0.05) is 0 Å². The molecule has 0 amide bonds. The second kappa shape index (κ2) is 12.0. The van der Waals surface area contributed by atoms with Gasteiger partial charge in [-0.2, -0.15) is 5.06 Å². The monoisotopic (exact) mass is 317 g/mol. The Kier molecular flexibility index (Phi) is 14.6. The number of nitrogens with zero attached hydrogens (tertiary/aromatic N) is 1. The van der Waals surface area contributed by atoms with Crippen LogP contribution in [0.25, 0.3) is 0 Å². The second-order valence-electron chi connectivity index (χ2n) is 3.71. The number of rotatable bonds is 6. The topological polar surface area (TPSA) is 117 Å². The minimum Gasteiger partial charge on any atom is -0.480 e. The fourth-order valence-electron chi connectivity index (χ4n) is 1.18. The molecule has 1 atom stereocenters. The average Bonchev–Trinajstić information content (AvgIpc) is 2.21. The fraction of sp³-hybridized carbons (Fsp3) is 0.700. The van der Waals surface area contributed by atoms with Gasteiger partial charge in [0.2, 0.25) is 0 Å². The van der Waals surface area contributed by atoms with E-state index in [2.05, 4.69) is 0 Å². The van der Waals surface area contributed by atoms with Crippen LogP contribution in [-0.2, 0) is 14.4 Å². The zero-order valence-corrected chi connectivity index (χ0v) is 12.6. The Bertz CT molecular complexity index is 302. The number of nitrogens with two attached hydrogens (primary N) is 1. The highest BCUT2D eigenvalue weighted by Crippen LogP contribution is 2.03. The lowest BCUT2D eigenvalue weighted by atomic mass is 10.1. The van der Waals surface area contributed by atoms with Gasteiger partial charge in [-0.25, -0.2) is 0 Å². The Hall–Kier alpha value is -1.05. The zero-order chi connectivity index (χ0) is 13.4. The third kappa shape index (κ3) is 11.8. The number of halogens is 2. The molecule has 0 unspecified atom stereocenters. The number of hydrogen-bond acceptors (Lipinski definition) is 5. The van der Waals surface area contributed by atoms with E-state index in [0.29, 0.717) is 25.8 Å². The first kappa shape index (κ1) is 23.1. The second-order valence-corrected chi connectivity index (χ2v) is 3.71. The first-order valence-electron chi connectivity index (χ1n) is 5.34. The minimum absolute atomic E-state index is 0. The van der Waals surface area contributed by atoms with Crippen molar-refractivity contribution >= 4 is 42.6 Å². The molecule has 0 fully saturated rings. The molecule has 0 spiro atoms. The van der Waals surface area contributed by atoms with Crippen LogP contribution in [0.2, 0.25) is 0 Å². The van der Waals surface area contributed by atoms with Gasteiger partial charge in [0.15, 0.2) is 0 Å². The van der Waals surface area contributed by atoms with E-state index < -0.39 is 18.0 Å². The van der Waals surface area contributed by atoms with Crippen molar-refractivity contribution in [1.29, 1.82) is 5.41 Å². The van der Waals surface area contributed by atoms with Crippen molar-refractivity contribution in [3.8, 4) is 0 Å². The number of hydrogen-bond donors (Lipinski definition) is 3. The summed E-state index contributed by atoms with van der Waals surface area (Å²) in [7, 11) is 0. The molecule has 7 nitrogen and oxygen atoms in total. The molecule has 0 aliphatic heterocycles. The molecular formula is C10H21Cl2N3O4. The lowest BCUT2D eigenvalue weighted by molar-refractivity contribution is -0.170. The number of nitrogens with one attached hydrogen (secondary N) is 1. The van der Waals surface area contributed by atoms with E-state index >= 15 is 0 Å². The van der Waals surface area contributed by atoms with Gasteiger partial charge in [0.1, 0.15) is 11.9 Å². The van der Waals surface area contributed by atoms with Crippen molar-refractivity contribution in [2.24, 2.45) is 5.73 Å². The maximum absolute atomic E-state index is 10.7. The van der Waals surface area contributed by atoms with Crippen LogP contribution in [0.3, 0.4) is 0 Å². The summed E-state index contributed by atoms with van der Waals surface area (Å²) in [6.45, 7) is 3.13. The summed E-state index contributed by atoms with van der Waals surface area (Å²) in [6.07, 6.45) is 1.56. The molecule has 4 N–H and O–H groups in total. The summed E-state index contributed by atoms with van der Waals surface area (Å²) < 4.78 is 0. The first-order chi connectivity index (χ1) is 7.84. The van der Waals surface area contributed by atoms with Gasteiger partial charge < -0.3 is 15.7 Å². The summed E-state index contributed by atoms with van der Waals surface area (Å²) in [4.78, 5) is 26.0. The van der Waals surface area contributed by atoms with E-state index in [0.717, 1.165) is 0 Å². The molecule has 0 aromatic heterocycles. The van der Waals surface area contributed by atoms with E-state index in [9.17, 15) is 9.59 Å². The third-order valence-electron chi connectivity index (χ3n) is 2.06. The number of carboxylic acids is 1. The van der Waals surface area contributed by atoms with E-state index in [1.807, 2.05) is 0 Å². The molecule has 114 valence electrons. The average molecular weight is 318 g/mol. The highest BCUT2D eigenvalue weighted by atomic mass is 35.5. The van der Waals surface area contributed by atoms with Crippen LogP contribution in [0.15, 0.2) is 0 Å². The Morgan fingerprint density at radius 1 is 1.32 bits per heavy atom. The Balaban J connectivity index is -0.00000128. The molecule has 0 aromatic carbocycles. The maximum atomic E-state index is 10.7. The van der Waals surface area contributed by atoms with Crippen molar-refractivity contribution in [2.45, 2.75) is 39.2 Å². The summed E-state index contributed by atoms with van der Waals surface area (Å²) >= 11 is 0. The van der Waals surface area contributed by atoms with Crippen LogP contribution < -0.4 is 5.73 Å². The summed E-state index contributed by atoms with van der Waals surface area (Å²) in [5.74, 6) is -1.38. The molecule has 0 rings (SSSR count). The predicted octanol–water partition coefficient (Wildman–Crippen LogP) is 1.19. The Labute approximate surface area is 124 Å². The van der Waals surface area contributed by atoms with Gasteiger partial charge in [0, 0.05) is 6.92 Å². The highest BCUT2D eigenvalue weighted by Gasteiger charge is 2.12. The standard InChI is InChI=1S/C10H19N3O4.2ClH/c1-7(11)13(17-8(2)14)6-4-3-5-9(12)10(15)16;;/h9,11H,3-6,12H2,1-2H3,(H,15,16);2*1H/t9-;;/m0../s1. The number of amidine groups is 1. The molecular weight excluding hydrogens is 297 g/mol. The van der Waals surface area contributed by atoms with Crippen LogP contribution in [0.1, 0.15) is 33.1 Å². The van der Waals surface area contributed by atoms with Crippen LogP contribution in [0, 0.1) is 5.41 Å². The van der Waals surface area contributed by atoms with Crippen LogP contribution in [-0.4, -0.2) is 40.5 Å². The normalized spacial score (nSPS) is 10.5. The molecule has 0 aromatic rings. The minimum atomic E-state index is -1.02. The van der Waals surface area contributed by atoms with E-state index in [4.69, 9.17) is 21.1 Å². The van der Waals surface area contributed by atoms with Gasteiger partial charge >= 0.3 is 11.9 Å². The maximum Gasteiger partial charge on any atom is 0.329 e. The molecule has 0 saturated carbocycles. The lowest BCUT2D eigenvalue weighted by Crippen LogP contribution is -2.32. The number of aliphatic carboxylic acids is 1. The quantitative estimate of drug-likeness (QED) is 0.293. The Morgan fingerprint density at radius 3 is 2.21 bits per heavy atom.